The third kappa shape index (κ3) is 3.94. The van der Waals surface area contributed by atoms with Gasteiger partial charge in [0.05, 0.1) is 21.0 Å². The van der Waals surface area contributed by atoms with Crippen LogP contribution in [0.1, 0.15) is 44.0 Å². The minimum absolute atomic E-state index is 0.0791. The molecule has 128 valence electrons. The van der Waals surface area contributed by atoms with Crippen molar-refractivity contribution in [1.82, 2.24) is 0 Å². The number of hydrogen-bond donors (Lipinski definition) is 2. The monoisotopic (exact) mass is 356 g/mol. The van der Waals surface area contributed by atoms with E-state index in [0.29, 0.717) is 21.9 Å². The number of hydrogen-bond acceptors (Lipinski definition) is 4. The zero-order valence-corrected chi connectivity index (χ0v) is 13.3. The Labute approximate surface area is 140 Å². The Morgan fingerprint density at radius 3 is 2.25 bits per heavy atom. The lowest BCUT2D eigenvalue weighted by atomic mass is 9.94. The smallest absolute Gasteiger partial charge is 0.390 e. The average Bonchev–Trinajstić information content (AvgIpc) is 2.86. The van der Waals surface area contributed by atoms with Gasteiger partial charge in [-0.15, -0.1) is 11.3 Å². The molecule has 0 saturated heterocycles. The molecule has 0 aliphatic heterocycles. The Bertz CT molecular complexity index is 755. The first-order chi connectivity index (χ1) is 11.2. The number of anilines is 1. The first-order valence-corrected chi connectivity index (χ1v) is 7.90. The van der Waals surface area contributed by atoms with Crippen LogP contribution in [0, 0.1) is 0 Å². The van der Waals surface area contributed by atoms with Crippen LogP contribution in [0.5, 0.6) is 0 Å². The van der Waals surface area contributed by atoms with E-state index < -0.39 is 17.6 Å². The molecule has 1 aromatic carbocycles. The highest BCUT2D eigenvalue weighted by Gasteiger charge is 2.29. The molecule has 0 radical (unpaired) electrons. The summed E-state index contributed by atoms with van der Waals surface area (Å²) < 4.78 is 35.4. The Morgan fingerprint density at radius 1 is 1.12 bits per heavy atom. The highest BCUT2D eigenvalue weighted by atomic mass is 32.1. The zero-order valence-electron chi connectivity index (χ0n) is 12.5. The number of Topliss-reactive ketones (excluding diaryl/α,β-unsaturated/α-hetero) is 1. The van der Waals surface area contributed by atoms with Gasteiger partial charge in [-0.3, -0.25) is 9.59 Å². The Balaban J connectivity index is 0.000000185. The van der Waals surface area contributed by atoms with Gasteiger partial charge in [-0.1, -0.05) is 30.3 Å². The summed E-state index contributed by atoms with van der Waals surface area (Å²) in [7, 11) is 0. The third-order valence-corrected chi connectivity index (χ3v) is 4.57. The van der Waals surface area contributed by atoms with Gasteiger partial charge in [0.1, 0.15) is 0 Å². The molecule has 0 fully saturated rings. The zero-order chi connectivity index (χ0) is 17.9. The second kappa shape index (κ2) is 7.04. The lowest BCUT2D eigenvalue weighted by Gasteiger charge is -2.09. The van der Waals surface area contributed by atoms with E-state index in [-0.39, 0.29) is 5.78 Å². The quantitative estimate of drug-likeness (QED) is 0.818. The SMILES string of the molecule is FC(F)(F)c1ccccc1.NC(=O)c1c(N)sc2c1CCCC2=O. The van der Waals surface area contributed by atoms with Crippen molar-refractivity contribution >= 4 is 28.0 Å². The van der Waals surface area contributed by atoms with E-state index in [4.69, 9.17) is 11.5 Å². The maximum absolute atomic E-state index is 11.8. The molecule has 1 aliphatic carbocycles. The molecule has 1 aromatic heterocycles. The predicted molar refractivity (Wildman–Crippen MR) is 86.0 cm³/mol. The maximum Gasteiger partial charge on any atom is 0.416 e. The number of carbonyl (C=O) groups is 2. The number of ketones is 1. The molecule has 2 aromatic rings. The van der Waals surface area contributed by atoms with E-state index in [1.54, 1.807) is 6.07 Å². The van der Waals surface area contributed by atoms with Crippen molar-refractivity contribution in [3.05, 3.63) is 51.9 Å². The summed E-state index contributed by atoms with van der Waals surface area (Å²) >= 11 is 1.18. The van der Waals surface area contributed by atoms with Crippen molar-refractivity contribution in [2.24, 2.45) is 5.73 Å². The molecule has 0 unspecified atom stereocenters. The number of primary amides is 1. The molecule has 1 amide bonds. The number of rotatable bonds is 1. The van der Waals surface area contributed by atoms with Gasteiger partial charge >= 0.3 is 6.18 Å². The van der Waals surface area contributed by atoms with Crippen molar-refractivity contribution in [1.29, 1.82) is 0 Å². The number of nitrogens with two attached hydrogens (primary N) is 2. The molecule has 3 rings (SSSR count). The van der Waals surface area contributed by atoms with Crippen LogP contribution in [0.4, 0.5) is 18.2 Å². The topological polar surface area (TPSA) is 86.2 Å². The molecule has 0 atom stereocenters. The molecule has 1 heterocycles. The number of fused-ring (bicyclic) bond motifs is 1. The van der Waals surface area contributed by atoms with E-state index in [0.717, 1.165) is 30.5 Å². The fourth-order valence-electron chi connectivity index (χ4n) is 2.39. The first-order valence-electron chi connectivity index (χ1n) is 7.08. The fraction of sp³-hybridized carbons (Fsp3) is 0.250. The summed E-state index contributed by atoms with van der Waals surface area (Å²) in [6.07, 6.45) is -2.15. The largest absolute Gasteiger partial charge is 0.416 e. The lowest BCUT2D eigenvalue weighted by Crippen LogP contribution is -2.16. The fourth-order valence-corrected chi connectivity index (χ4v) is 3.47. The molecule has 1 aliphatic rings. The Kier molecular flexibility index (Phi) is 5.28. The second-order valence-corrected chi connectivity index (χ2v) is 6.21. The van der Waals surface area contributed by atoms with E-state index in [1.807, 2.05) is 0 Å². The average molecular weight is 356 g/mol. The van der Waals surface area contributed by atoms with Gasteiger partial charge in [-0.05, 0) is 18.4 Å². The molecular formula is C16H15F3N2O2S. The van der Waals surface area contributed by atoms with Gasteiger partial charge in [-0.2, -0.15) is 13.2 Å². The summed E-state index contributed by atoms with van der Waals surface area (Å²) in [6.45, 7) is 0. The molecule has 0 bridgehead atoms. The number of benzene rings is 1. The predicted octanol–water partition coefficient (Wildman–Crippen LogP) is 3.65. The van der Waals surface area contributed by atoms with Crippen LogP contribution >= 0.6 is 11.3 Å². The van der Waals surface area contributed by atoms with Gasteiger partial charge in [0.25, 0.3) is 5.91 Å². The normalized spacial score (nSPS) is 13.7. The maximum atomic E-state index is 11.8. The molecule has 0 saturated carbocycles. The molecule has 4 N–H and O–H groups in total. The molecule has 4 nitrogen and oxygen atoms in total. The van der Waals surface area contributed by atoms with E-state index in [1.165, 1.54) is 23.5 Å². The van der Waals surface area contributed by atoms with Crippen molar-refractivity contribution in [2.75, 3.05) is 5.73 Å². The minimum Gasteiger partial charge on any atom is -0.390 e. The standard InChI is InChI=1S/C9H10N2O2S.C7H5F3/c10-8(13)6-4-2-1-3-5(12)7(4)14-9(6)11;8-7(9,10)6-4-2-1-3-5-6/h1-3,11H2,(H2,10,13);1-5H. The molecular weight excluding hydrogens is 341 g/mol. The van der Waals surface area contributed by atoms with E-state index in [2.05, 4.69) is 0 Å². The Morgan fingerprint density at radius 2 is 1.75 bits per heavy atom. The van der Waals surface area contributed by atoms with Gasteiger partial charge in [0.2, 0.25) is 0 Å². The van der Waals surface area contributed by atoms with Crippen LogP contribution in [0.3, 0.4) is 0 Å². The van der Waals surface area contributed by atoms with Crippen molar-refractivity contribution in [2.45, 2.75) is 25.4 Å². The van der Waals surface area contributed by atoms with Crippen molar-refractivity contribution in [3.8, 4) is 0 Å². The summed E-state index contributed by atoms with van der Waals surface area (Å²) in [5, 5.41) is 0.373. The number of carbonyl (C=O) groups excluding carboxylic acids is 2. The van der Waals surface area contributed by atoms with Crippen LogP contribution in [0.25, 0.3) is 0 Å². The first kappa shape index (κ1) is 18.0. The summed E-state index contributed by atoms with van der Waals surface area (Å²) in [5.74, 6) is -0.454. The second-order valence-electron chi connectivity index (χ2n) is 5.15. The van der Waals surface area contributed by atoms with Crippen molar-refractivity contribution in [3.63, 3.8) is 0 Å². The summed E-state index contributed by atoms with van der Waals surface area (Å²) in [6, 6.07) is 6.36. The van der Waals surface area contributed by atoms with E-state index in [9.17, 15) is 22.8 Å². The molecule has 24 heavy (non-hydrogen) atoms. The van der Waals surface area contributed by atoms with Crippen LogP contribution in [-0.2, 0) is 12.6 Å². The van der Waals surface area contributed by atoms with Gasteiger partial charge in [-0.25, -0.2) is 0 Å². The van der Waals surface area contributed by atoms with Gasteiger partial charge < -0.3 is 11.5 Å². The number of alkyl halides is 3. The minimum atomic E-state index is -4.21. The molecule has 0 spiro atoms. The Hall–Kier alpha value is -2.35. The lowest BCUT2D eigenvalue weighted by molar-refractivity contribution is -0.137. The van der Waals surface area contributed by atoms with Crippen LogP contribution in [0.2, 0.25) is 0 Å². The van der Waals surface area contributed by atoms with Crippen LogP contribution in [-0.4, -0.2) is 11.7 Å². The highest BCUT2D eigenvalue weighted by Crippen LogP contribution is 2.35. The number of nitrogen functional groups attached to an aromatic ring is 1. The number of amides is 1. The van der Waals surface area contributed by atoms with Crippen LogP contribution in [0.15, 0.2) is 30.3 Å². The summed E-state index contributed by atoms with van der Waals surface area (Å²) in [5.41, 5.74) is 11.4. The van der Waals surface area contributed by atoms with Gasteiger partial charge in [0.15, 0.2) is 5.78 Å². The van der Waals surface area contributed by atoms with Crippen molar-refractivity contribution < 1.29 is 22.8 Å². The number of halogens is 3. The molecule has 8 heteroatoms. The number of thiophene rings is 1. The highest BCUT2D eigenvalue weighted by molar-refractivity contribution is 7.18. The summed E-state index contributed by atoms with van der Waals surface area (Å²) in [4.78, 5) is 23.2. The third-order valence-electron chi connectivity index (χ3n) is 3.47. The van der Waals surface area contributed by atoms with Gasteiger partial charge in [0, 0.05) is 6.42 Å². The van der Waals surface area contributed by atoms with E-state index >= 15 is 0 Å². The van der Waals surface area contributed by atoms with Crippen LogP contribution < -0.4 is 11.5 Å².